The van der Waals surface area contributed by atoms with Crippen molar-refractivity contribution < 1.29 is 58.0 Å². The smallest absolute Gasteiger partial charge is 0.412 e. The van der Waals surface area contributed by atoms with Crippen LogP contribution >= 0.6 is 23.4 Å². The second kappa shape index (κ2) is 10.1. The predicted octanol–water partition coefficient (Wildman–Crippen LogP) is -1.36. The van der Waals surface area contributed by atoms with Crippen molar-refractivity contribution >= 4 is 23.4 Å². The second-order valence-electron chi connectivity index (χ2n) is 5.24. The van der Waals surface area contributed by atoms with Gasteiger partial charge in [-0.1, -0.05) is 9.05 Å². The van der Waals surface area contributed by atoms with Gasteiger partial charge in [-0.05, 0) is 0 Å². The first-order valence-corrected chi connectivity index (χ1v) is 11.6. The Kier molecular flexibility index (Phi) is 8.92. The van der Waals surface area contributed by atoms with Gasteiger partial charge in [-0.2, -0.15) is 0 Å². The molecule has 2 aromatic rings. The Morgan fingerprint density at radius 1 is 0.828 bits per heavy atom. The summed E-state index contributed by atoms with van der Waals surface area (Å²) in [5.41, 5.74) is 0. The van der Waals surface area contributed by atoms with Crippen molar-refractivity contribution in [1.29, 1.82) is 0 Å². The molecule has 0 fully saturated rings. The first-order valence-electron chi connectivity index (χ1n) is 7.13. The van der Waals surface area contributed by atoms with E-state index in [9.17, 15) is 43.5 Å². The molecule has 16 nitrogen and oxygen atoms in total. The Bertz CT molecular complexity index is 794. The van der Waals surface area contributed by atoms with Crippen LogP contribution in [0.15, 0.2) is 37.4 Å². The minimum Gasteiger partial charge on any atom is -0.412 e. The van der Waals surface area contributed by atoms with Crippen LogP contribution in [0.3, 0.4) is 0 Å². The van der Waals surface area contributed by atoms with E-state index < -0.39 is 47.6 Å². The first kappa shape index (κ1) is 25.7. The maximum atomic E-state index is 11.9. The molecule has 0 radical (unpaired) electrons. The van der Waals surface area contributed by atoms with Crippen LogP contribution in [0.1, 0.15) is 11.6 Å². The summed E-state index contributed by atoms with van der Waals surface area (Å²) >= 11 is 0. The summed E-state index contributed by atoms with van der Waals surface area (Å²) < 4.78 is 45.6. The topological polar surface area (TPSA) is 258 Å². The Labute approximate surface area is 163 Å². The molecular formula is C10H18N4O12P3+. The van der Waals surface area contributed by atoms with Crippen LogP contribution in [0.2, 0.25) is 0 Å². The van der Waals surface area contributed by atoms with Crippen molar-refractivity contribution in [2.75, 3.05) is 0 Å². The molecule has 2 aromatic heterocycles. The highest BCUT2D eigenvalue weighted by Crippen LogP contribution is 2.54. The number of hydrogen-bond donors (Lipinski definition) is 6. The highest BCUT2D eigenvalue weighted by Gasteiger charge is 2.47. The van der Waals surface area contributed by atoms with Gasteiger partial charge in [0.25, 0.3) is 0 Å². The first-order chi connectivity index (χ1) is 12.9. The summed E-state index contributed by atoms with van der Waals surface area (Å²) in [5.74, 6) is -4.08. The van der Waals surface area contributed by atoms with Crippen LogP contribution in [-0.2, 0) is 22.7 Å². The van der Waals surface area contributed by atoms with E-state index in [-0.39, 0.29) is 5.48 Å². The van der Waals surface area contributed by atoms with E-state index in [2.05, 4.69) is 19.0 Å². The van der Waals surface area contributed by atoms with Crippen molar-refractivity contribution in [2.24, 2.45) is 0 Å². The summed E-state index contributed by atoms with van der Waals surface area (Å²) in [6, 6.07) is 0. The van der Waals surface area contributed by atoms with Gasteiger partial charge in [-0.25, -0.2) is 9.97 Å². The quantitative estimate of drug-likeness (QED) is 0.170. The molecule has 2 heterocycles. The second-order valence-corrected chi connectivity index (χ2v) is 9.52. The zero-order chi connectivity index (χ0) is 21.1. The summed E-state index contributed by atoms with van der Waals surface area (Å²) in [5, 5.41) is 19.8. The standard InChI is InChI=1S/C10H15N4O11P3.H2O/c15-9(7(27(18,19)20)13-3-1-11-5-13)24-26(17)25-10(16)8(28(21,22)23)14-4-2-12-6-14;/h1-10,15-16H,(H3-,18,19,20,21,22,23);1H2/p+1. The van der Waals surface area contributed by atoms with E-state index in [1.807, 2.05) is 0 Å². The third-order valence-electron chi connectivity index (χ3n) is 3.25. The Hall–Kier alpha value is -1.38. The maximum absolute atomic E-state index is 11.9. The van der Waals surface area contributed by atoms with Crippen LogP contribution < -0.4 is 0 Å². The van der Waals surface area contributed by atoms with Gasteiger partial charge in [0.2, 0.25) is 12.6 Å². The zero-order valence-corrected chi connectivity index (χ0v) is 16.8. The van der Waals surface area contributed by atoms with Crippen molar-refractivity contribution in [1.82, 2.24) is 19.1 Å². The Balaban J connectivity index is 0.00000420. The highest BCUT2D eigenvalue weighted by atomic mass is 31.2. The van der Waals surface area contributed by atoms with E-state index >= 15 is 0 Å². The molecular weight excluding hydrogens is 461 g/mol. The molecule has 0 amide bonds. The summed E-state index contributed by atoms with van der Waals surface area (Å²) in [7, 11) is -13.5. The van der Waals surface area contributed by atoms with Crippen molar-refractivity contribution in [3.63, 3.8) is 0 Å². The Morgan fingerprint density at radius 2 is 1.17 bits per heavy atom. The van der Waals surface area contributed by atoms with Crippen LogP contribution in [0.5, 0.6) is 0 Å². The van der Waals surface area contributed by atoms with Gasteiger partial charge < -0.3 is 44.4 Å². The maximum Gasteiger partial charge on any atom is 0.703 e. The van der Waals surface area contributed by atoms with E-state index in [4.69, 9.17) is 0 Å². The molecule has 164 valence electrons. The van der Waals surface area contributed by atoms with E-state index in [1.165, 1.54) is 0 Å². The van der Waals surface area contributed by atoms with Crippen LogP contribution in [0, 0.1) is 0 Å². The lowest BCUT2D eigenvalue weighted by atomic mass is 10.6. The molecule has 0 aliphatic carbocycles. The number of nitrogens with zero attached hydrogens (tertiary/aromatic N) is 4. The van der Waals surface area contributed by atoms with Gasteiger partial charge >= 0.3 is 23.4 Å². The van der Waals surface area contributed by atoms with Crippen molar-refractivity contribution in [3.05, 3.63) is 37.4 Å². The van der Waals surface area contributed by atoms with Gasteiger partial charge in [-0.3, -0.25) is 9.13 Å². The molecule has 0 spiro atoms. The normalized spacial score (nSPS) is 17.1. The molecule has 0 aromatic carbocycles. The monoisotopic (exact) mass is 479 g/mol. The highest BCUT2D eigenvalue weighted by molar-refractivity contribution is 7.52. The lowest BCUT2D eigenvalue weighted by Gasteiger charge is -2.22. The van der Waals surface area contributed by atoms with E-state index in [0.717, 1.165) is 46.6 Å². The molecule has 0 aliphatic rings. The van der Waals surface area contributed by atoms with Crippen molar-refractivity contribution in [3.8, 4) is 0 Å². The van der Waals surface area contributed by atoms with Gasteiger partial charge in [0, 0.05) is 29.4 Å². The molecule has 19 heteroatoms. The van der Waals surface area contributed by atoms with Gasteiger partial charge in [0.05, 0.1) is 12.7 Å². The molecule has 0 saturated heterocycles. The van der Waals surface area contributed by atoms with Crippen molar-refractivity contribution in [2.45, 2.75) is 24.1 Å². The molecule has 4 atom stereocenters. The number of imidazole rings is 2. The molecule has 29 heavy (non-hydrogen) atoms. The molecule has 2 rings (SSSR count). The number of aliphatic hydroxyl groups is 2. The number of rotatable bonds is 10. The lowest BCUT2D eigenvalue weighted by Crippen LogP contribution is -2.27. The van der Waals surface area contributed by atoms with E-state index in [0.29, 0.717) is 0 Å². The average molecular weight is 479 g/mol. The minimum absolute atomic E-state index is 0. The SMILES string of the molecule is O.O=[P+](OC(O)C(n1ccnc1)P(=O)(O)O)OC(O)C(n1ccnc1)P(=O)(O)O. The largest absolute Gasteiger partial charge is 0.703 e. The van der Waals surface area contributed by atoms with Crippen LogP contribution in [0.4, 0.5) is 0 Å². The third kappa shape index (κ3) is 6.83. The molecule has 0 bridgehead atoms. The average Bonchev–Trinajstić information content (AvgIpc) is 3.17. The summed E-state index contributed by atoms with van der Waals surface area (Å²) in [6.45, 7) is 0. The van der Waals surface area contributed by atoms with Crippen LogP contribution in [0.25, 0.3) is 0 Å². The molecule has 0 aliphatic heterocycles. The van der Waals surface area contributed by atoms with Gasteiger partial charge in [0.15, 0.2) is 11.6 Å². The number of hydrogen-bond acceptors (Lipinski definition) is 9. The summed E-state index contributed by atoms with van der Waals surface area (Å²) in [6.07, 6.45) is 1.67. The molecule has 4 unspecified atom stereocenters. The number of aliphatic hydroxyl groups excluding tert-OH is 2. The third-order valence-corrected chi connectivity index (χ3v) is 6.45. The van der Waals surface area contributed by atoms with Gasteiger partial charge in [-0.15, -0.1) is 0 Å². The molecule has 8 N–H and O–H groups in total. The number of aromatic nitrogens is 4. The predicted molar refractivity (Wildman–Crippen MR) is 92.0 cm³/mol. The Morgan fingerprint density at radius 3 is 1.41 bits per heavy atom. The fourth-order valence-electron chi connectivity index (χ4n) is 2.14. The fraction of sp³-hybridized carbons (Fsp3) is 0.400. The van der Waals surface area contributed by atoms with E-state index in [1.54, 1.807) is 0 Å². The minimum atomic E-state index is -5.03. The molecule has 0 saturated carbocycles. The zero-order valence-electron chi connectivity index (χ0n) is 14.1. The van der Waals surface area contributed by atoms with Gasteiger partial charge in [0.1, 0.15) is 0 Å². The fourth-order valence-corrected chi connectivity index (χ4v) is 4.72. The lowest BCUT2D eigenvalue weighted by molar-refractivity contribution is -0.0781. The summed E-state index contributed by atoms with van der Waals surface area (Å²) in [4.78, 5) is 44.6. The van der Waals surface area contributed by atoms with Crippen LogP contribution in [-0.4, -0.2) is 66.9 Å².